The van der Waals surface area contributed by atoms with E-state index in [9.17, 15) is 9.18 Å². The Kier molecular flexibility index (Phi) is 5.94. The van der Waals surface area contributed by atoms with Gasteiger partial charge in [0.05, 0.1) is 6.54 Å². The first-order chi connectivity index (χ1) is 8.13. The molecule has 0 saturated carbocycles. The monoisotopic (exact) mass is 258 g/mol. The van der Waals surface area contributed by atoms with E-state index in [2.05, 4.69) is 10.6 Å². The second kappa shape index (κ2) is 7.25. The van der Waals surface area contributed by atoms with E-state index in [0.717, 1.165) is 0 Å². The first kappa shape index (κ1) is 13.9. The molecule has 94 valence electrons. The highest BCUT2D eigenvalue weighted by Gasteiger charge is 2.03. The highest BCUT2D eigenvalue weighted by Crippen LogP contribution is 2.15. The third-order valence-corrected chi connectivity index (χ3v) is 2.53. The largest absolute Gasteiger partial charge is 0.355 e. The fourth-order valence-corrected chi connectivity index (χ4v) is 1.66. The van der Waals surface area contributed by atoms with Gasteiger partial charge in [0.25, 0.3) is 0 Å². The van der Waals surface area contributed by atoms with Gasteiger partial charge in [-0.25, -0.2) is 4.39 Å². The van der Waals surface area contributed by atoms with E-state index in [1.807, 2.05) is 0 Å². The lowest BCUT2D eigenvalue weighted by Gasteiger charge is -2.06. The fraction of sp³-hybridized carbons (Fsp3) is 0.417. The molecule has 17 heavy (non-hydrogen) atoms. The van der Waals surface area contributed by atoms with E-state index in [1.165, 1.54) is 12.1 Å². The van der Waals surface area contributed by atoms with Crippen molar-refractivity contribution < 1.29 is 9.18 Å². The molecule has 0 radical (unpaired) electrons. The van der Waals surface area contributed by atoms with Crippen LogP contribution in [0.3, 0.4) is 0 Å². The quantitative estimate of drug-likeness (QED) is 0.764. The highest BCUT2D eigenvalue weighted by molar-refractivity contribution is 6.30. The predicted molar refractivity (Wildman–Crippen MR) is 66.7 cm³/mol. The lowest BCUT2D eigenvalue weighted by atomic mass is 10.1. The number of rotatable bonds is 6. The molecule has 3 nitrogen and oxygen atoms in total. The van der Waals surface area contributed by atoms with Gasteiger partial charge < -0.3 is 10.6 Å². The van der Waals surface area contributed by atoms with Crippen molar-refractivity contribution in [2.24, 2.45) is 0 Å². The summed E-state index contributed by atoms with van der Waals surface area (Å²) in [5.41, 5.74) is 0.584. The third-order valence-electron chi connectivity index (χ3n) is 2.29. The molecule has 1 amide bonds. The van der Waals surface area contributed by atoms with Gasteiger partial charge in [-0.15, -0.1) is 0 Å². The Labute approximate surface area is 105 Å². The summed E-state index contributed by atoms with van der Waals surface area (Å²) in [4.78, 5) is 11.1. The normalized spacial score (nSPS) is 10.3. The summed E-state index contributed by atoms with van der Waals surface area (Å²) in [5, 5.41) is 6.01. The summed E-state index contributed by atoms with van der Waals surface area (Å²) in [6.07, 6.45) is 1.25. The van der Waals surface area contributed by atoms with E-state index in [1.54, 1.807) is 13.1 Å². The molecule has 0 unspecified atom stereocenters. The van der Waals surface area contributed by atoms with Crippen LogP contribution in [0.1, 0.15) is 12.0 Å². The molecule has 0 aliphatic heterocycles. The minimum Gasteiger partial charge on any atom is -0.355 e. The van der Waals surface area contributed by atoms with Crippen molar-refractivity contribution in [3.05, 3.63) is 34.6 Å². The van der Waals surface area contributed by atoms with Crippen LogP contribution in [-0.2, 0) is 11.2 Å². The van der Waals surface area contributed by atoms with Crippen LogP contribution in [0.15, 0.2) is 18.2 Å². The van der Waals surface area contributed by atoms with Crippen molar-refractivity contribution in [3.8, 4) is 0 Å². The van der Waals surface area contributed by atoms with Gasteiger partial charge in [-0.3, -0.25) is 4.79 Å². The highest BCUT2D eigenvalue weighted by atomic mass is 35.5. The molecular weight excluding hydrogens is 243 g/mol. The maximum Gasteiger partial charge on any atom is 0.233 e. The molecule has 1 rings (SSSR count). The smallest absolute Gasteiger partial charge is 0.233 e. The number of likely N-dealkylation sites (N-methyl/N-ethyl adjacent to an activating group) is 1. The third kappa shape index (κ3) is 5.15. The van der Waals surface area contributed by atoms with Gasteiger partial charge in [0.15, 0.2) is 0 Å². The van der Waals surface area contributed by atoms with Crippen LogP contribution < -0.4 is 10.6 Å². The number of hydrogen-bond acceptors (Lipinski definition) is 2. The van der Waals surface area contributed by atoms with Crippen molar-refractivity contribution >= 4 is 17.5 Å². The van der Waals surface area contributed by atoms with Crippen molar-refractivity contribution in [2.75, 3.05) is 20.1 Å². The van der Waals surface area contributed by atoms with E-state index < -0.39 is 0 Å². The van der Waals surface area contributed by atoms with E-state index in [0.29, 0.717) is 36.5 Å². The zero-order valence-electron chi connectivity index (χ0n) is 9.72. The Morgan fingerprint density at radius 3 is 2.94 bits per heavy atom. The molecule has 0 fully saturated rings. The van der Waals surface area contributed by atoms with Crippen molar-refractivity contribution in [3.63, 3.8) is 0 Å². The van der Waals surface area contributed by atoms with Gasteiger partial charge in [0, 0.05) is 11.6 Å². The Morgan fingerprint density at radius 1 is 1.47 bits per heavy atom. The Hall–Kier alpha value is -1.13. The minimum absolute atomic E-state index is 0.0564. The van der Waals surface area contributed by atoms with Crippen LogP contribution in [0, 0.1) is 5.82 Å². The van der Waals surface area contributed by atoms with Crippen LogP contribution >= 0.6 is 11.6 Å². The minimum atomic E-state index is -0.254. The molecule has 1 aromatic carbocycles. The second-order valence-corrected chi connectivity index (χ2v) is 4.16. The number of aryl methyl sites for hydroxylation is 1. The number of amides is 1. The number of benzene rings is 1. The summed E-state index contributed by atoms with van der Waals surface area (Å²) in [6.45, 7) is 0.831. The molecular formula is C12H16ClFN2O. The molecule has 0 atom stereocenters. The predicted octanol–water partition coefficient (Wildman–Crippen LogP) is 1.75. The van der Waals surface area contributed by atoms with Crippen LogP contribution in [0.25, 0.3) is 0 Å². The van der Waals surface area contributed by atoms with Crippen molar-refractivity contribution in [1.29, 1.82) is 0 Å². The number of hydrogen-bond donors (Lipinski definition) is 2. The molecule has 0 aliphatic carbocycles. The van der Waals surface area contributed by atoms with Crippen LogP contribution in [0.5, 0.6) is 0 Å². The van der Waals surface area contributed by atoms with Gasteiger partial charge in [-0.1, -0.05) is 11.6 Å². The molecule has 0 bridgehead atoms. The zero-order valence-corrected chi connectivity index (χ0v) is 10.5. The maximum absolute atomic E-state index is 13.3. The molecule has 0 heterocycles. The number of carbonyl (C=O) groups excluding carboxylic acids is 1. The average molecular weight is 259 g/mol. The second-order valence-electron chi connectivity index (χ2n) is 3.72. The van der Waals surface area contributed by atoms with Gasteiger partial charge in [0.2, 0.25) is 5.91 Å². The molecule has 2 N–H and O–H groups in total. The van der Waals surface area contributed by atoms with E-state index in [4.69, 9.17) is 11.6 Å². The Balaban J connectivity index is 2.31. The molecule has 5 heteroatoms. The topological polar surface area (TPSA) is 41.1 Å². The number of nitrogens with one attached hydrogen (secondary N) is 2. The Morgan fingerprint density at radius 2 is 2.24 bits per heavy atom. The first-order valence-electron chi connectivity index (χ1n) is 5.48. The van der Waals surface area contributed by atoms with Crippen molar-refractivity contribution in [1.82, 2.24) is 10.6 Å². The molecule has 0 aromatic heterocycles. The maximum atomic E-state index is 13.3. The summed E-state index contributed by atoms with van der Waals surface area (Å²) in [7, 11) is 1.71. The lowest BCUT2D eigenvalue weighted by molar-refractivity contribution is -0.120. The van der Waals surface area contributed by atoms with E-state index in [-0.39, 0.29) is 11.7 Å². The summed E-state index contributed by atoms with van der Waals surface area (Å²) >= 11 is 5.78. The van der Waals surface area contributed by atoms with Gasteiger partial charge in [0.1, 0.15) is 5.82 Å². The first-order valence-corrected chi connectivity index (χ1v) is 5.86. The summed E-state index contributed by atoms with van der Waals surface area (Å²) in [5.74, 6) is -0.310. The lowest BCUT2D eigenvalue weighted by Crippen LogP contribution is -2.32. The summed E-state index contributed by atoms with van der Waals surface area (Å²) < 4.78 is 13.3. The van der Waals surface area contributed by atoms with Crippen LogP contribution in [-0.4, -0.2) is 26.0 Å². The standard InChI is InChI=1S/C12H16ClFN2O/c1-15-8-12(17)16-6-2-3-9-7-10(13)4-5-11(9)14/h4-5,7,15H,2-3,6,8H2,1H3,(H,16,17). The average Bonchev–Trinajstić information content (AvgIpc) is 2.29. The van der Waals surface area contributed by atoms with Crippen LogP contribution in [0.2, 0.25) is 5.02 Å². The van der Waals surface area contributed by atoms with Crippen molar-refractivity contribution in [2.45, 2.75) is 12.8 Å². The number of carbonyl (C=O) groups is 1. The molecule has 1 aromatic rings. The molecule has 0 saturated heterocycles. The summed E-state index contributed by atoms with van der Waals surface area (Å²) in [6, 6.07) is 4.50. The van der Waals surface area contributed by atoms with Gasteiger partial charge in [-0.05, 0) is 43.7 Å². The van der Waals surface area contributed by atoms with Crippen LogP contribution in [0.4, 0.5) is 4.39 Å². The SMILES string of the molecule is CNCC(=O)NCCCc1cc(Cl)ccc1F. The van der Waals surface area contributed by atoms with E-state index >= 15 is 0 Å². The number of halogens is 2. The van der Waals surface area contributed by atoms with Gasteiger partial charge in [-0.2, -0.15) is 0 Å². The molecule has 0 spiro atoms. The molecule has 0 aliphatic rings. The fourth-order valence-electron chi connectivity index (χ4n) is 1.46. The Bertz CT molecular complexity index is 385. The zero-order chi connectivity index (χ0) is 12.7. The van der Waals surface area contributed by atoms with Gasteiger partial charge >= 0.3 is 0 Å².